The van der Waals surface area contributed by atoms with E-state index in [0.717, 1.165) is 39.8 Å². The smallest absolute Gasteiger partial charge is 0.255 e. The number of anilines is 1. The lowest BCUT2D eigenvalue weighted by Gasteiger charge is -2.21. The molecule has 0 fully saturated rings. The molecule has 1 aliphatic carbocycles. The van der Waals surface area contributed by atoms with Gasteiger partial charge in [0.05, 0.1) is 17.5 Å². The molecule has 0 bridgehead atoms. The zero-order chi connectivity index (χ0) is 28.9. The second-order valence-corrected chi connectivity index (χ2v) is 12.4. The van der Waals surface area contributed by atoms with Crippen LogP contribution in [0.4, 0.5) is 5.69 Å². The Balaban J connectivity index is 1.61. The summed E-state index contributed by atoms with van der Waals surface area (Å²) in [6, 6.07) is 27.8. The van der Waals surface area contributed by atoms with Crippen LogP contribution >= 0.6 is 0 Å². The van der Waals surface area contributed by atoms with E-state index in [9.17, 15) is 13.2 Å². The minimum atomic E-state index is -3.60. The molecule has 206 valence electrons. The number of nitrogens with zero attached hydrogens (tertiary/aromatic N) is 1. The maximum atomic E-state index is 13.2. The lowest BCUT2D eigenvalue weighted by atomic mass is 9.93. The number of nitrogens with one attached hydrogen (secondary N) is 1. The van der Waals surface area contributed by atoms with Gasteiger partial charge in [-0.25, -0.2) is 8.42 Å². The first-order chi connectivity index (χ1) is 19.7. The number of rotatable bonds is 6. The van der Waals surface area contributed by atoms with E-state index < -0.39 is 10.0 Å². The van der Waals surface area contributed by atoms with Gasteiger partial charge < -0.3 is 9.73 Å². The van der Waals surface area contributed by atoms with E-state index in [2.05, 4.69) is 35.7 Å². The van der Waals surface area contributed by atoms with E-state index in [0.29, 0.717) is 33.5 Å². The molecule has 0 aliphatic heterocycles. The molecule has 0 spiro atoms. The standard InChI is InChI=1S/C34H30N2O4S/c1-21-10-12-24(13-11-21)33-32(34(37)35-2)29-19-28(30(20-31(29)40-33)36(3)41(4,38)39)25-15-14-23-16-17-26(27(23)18-25)22-8-6-5-7-9-22/h5-15,17-20H,16H2,1-4H3,(H,35,37). The van der Waals surface area contributed by atoms with Crippen LogP contribution in [0.5, 0.6) is 0 Å². The average Bonchev–Trinajstić information content (AvgIpc) is 3.57. The molecule has 6 rings (SSSR count). The second-order valence-electron chi connectivity index (χ2n) is 10.4. The molecular weight excluding hydrogens is 532 g/mol. The molecule has 0 saturated carbocycles. The van der Waals surface area contributed by atoms with Gasteiger partial charge in [-0.15, -0.1) is 0 Å². The van der Waals surface area contributed by atoms with Gasteiger partial charge in [0.2, 0.25) is 10.0 Å². The molecule has 0 radical (unpaired) electrons. The quantitative estimate of drug-likeness (QED) is 0.246. The first-order valence-corrected chi connectivity index (χ1v) is 15.2. The number of furan rings is 1. The van der Waals surface area contributed by atoms with Crippen LogP contribution in [0, 0.1) is 6.92 Å². The van der Waals surface area contributed by atoms with E-state index >= 15 is 0 Å². The maximum Gasteiger partial charge on any atom is 0.255 e. The van der Waals surface area contributed by atoms with Crippen molar-refractivity contribution in [2.45, 2.75) is 13.3 Å². The first kappa shape index (κ1) is 26.6. The molecule has 1 N–H and O–H groups in total. The normalized spacial score (nSPS) is 12.7. The highest BCUT2D eigenvalue weighted by Crippen LogP contribution is 2.43. The van der Waals surface area contributed by atoms with Gasteiger partial charge in [-0.1, -0.05) is 78.4 Å². The van der Waals surface area contributed by atoms with E-state index in [4.69, 9.17) is 4.42 Å². The zero-order valence-electron chi connectivity index (χ0n) is 23.4. The molecule has 1 aromatic heterocycles. The van der Waals surface area contributed by atoms with Crippen LogP contribution < -0.4 is 9.62 Å². The highest BCUT2D eigenvalue weighted by molar-refractivity contribution is 7.92. The molecule has 41 heavy (non-hydrogen) atoms. The SMILES string of the molecule is CNC(=O)c1c(-c2ccc(C)cc2)oc2cc(N(C)S(C)(=O)=O)c(-c3ccc4c(c3)C(c3ccccc3)=CC4)cc12. The fourth-order valence-electron chi connectivity index (χ4n) is 5.45. The largest absolute Gasteiger partial charge is 0.455 e. The monoisotopic (exact) mass is 562 g/mol. The minimum absolute atomic E-state index is 0.280. The van der Waals surface area contributed by atoms with Crippen molar-refractivity contribution in [1.82, 2.24) is 5.32 Å². The number of fused-ring (bicyclic) bond motifs is 2. The summed E-state index contributed by atoms with van der Waals surface area (Å²) in [5, 5.41) is 3.36. The van der Waals surface area contributed by atoms with Crippen LogP contribution in [-0.2, 0) is 16.4 Å². The minimum Gasteiger partial charge on any atom is -0.455 e. The Labute approximate surface area is 240 Å². The number of hydrogen-bond donors (Lipinski definition) is 1. The van der Waals surface area contributed by atoms with Crippen molar-refractivity contribution in [3.8, 4) is 22.5 Å². The van der Waals surface area contributed by atoms with Crippen molar-refractivity contribution >= 4 is 38.2 Å². The number of carbonyl (C=O) groups excluding carboxylic acids is 1. The summed E-state index contributed by atoms with van der Waals surface area (Å²) in [4.78, 5) is 13.2. The second kappa shape index (κ2) is 10.1. The summed E-state index contributed by atoms with van der Waals surface area (Å²) in [6.07, 6.45) is 4.23. The third kappa shape index (κ3) is 4.72. The summed E-state index contributed by atoms with van der Waals surface area (Å²) in [5.41, 5.74) is 9.30. The fraction of sp³-hybridized carbons (Fsp3) is 0.147. The molecule has 4 aromatic carbocycles. The van der Waals surface area contributed by atoms with E-state index in [1.165, 1.54) is 23.2 Å². The van der Waals surface area contributed by atoms with Crippen LogP contribution in [-0.4, -0.2) is 34.7 Å². The molecule has 0 saturated heterocycles. The van der Waals surface area contributed by atoms with Gasteiger partial charge in [0.25, 0.3) is 5.91 Å². The fourth-order valence-corrected chi connectivity index (χ4v) is 5.96. The van der Waals surface area contributed by atoms with Crippen LogP contribution in [0.25, 0.3) is 39.0 Å². The number of carbonyl (C=O) groups is 1. The van der Waals surface area contributed by atoms with Gasteiger partial charge >= 0.3 is 0 Å². The lowest BCUT2D eigenvalue weighted by molar-refractivity contribution is 0.0964. The molecular formula is C34H30N2O4S. The number of sulfonamides is 1. The molecule has 1 amide bonds. The number of amides is 1. The molecule has 1 aliphatic rings. The van der Waals surface area contributed by atoms with Crippen molar-refractivity contribution in [3.63, 3.8) is 0 Å². The summed E-state index contributed by atoms with van der Waals surface area (Å²) >= 11 is 0. The molecule has 5 aromatic rings. The Hall–Kier alpha value is -4.62. The third-order valence-corrected chi connectivity index (χ3v) is 8.92. The Kier molecular flexibility index (Phi) is 6.54. The summed E-state index contributed by atoms with van der Waals surface area (Å²) in [6.45, 7) is 2.00. The predicted molar refractivity (Wildman–Crippen MR) is 166 cm³/mol. The Bertz CT molecular complexity index is 1950. The van der Waals surface area contributed by atoms with Crippen LogP contribution in [0.3, 0.4) is 0 Å². The van der Waals surface area contributed by atoms with Crippen LogP contribution in [0.15, 0.2) is 95.4 Å². The molecule has 7 heteroatoms. The van der Waals surface area contributed by atoms with E-state index in [1.807, 2.05) is 61.5 Å². The van der Waals surface area contributed by atoms with Crippen molar-refractivity contribution in [1.29, 1.82) is 0 Å². The Morgan fingerprint density at radius 2 is 1.59 bits per heavy atom. The topological polar surface area (TPSA) is 79.6 Å². The Morgan fingerprint density at radius 1 is 0.878 bits per heavy atom. The Morgan fingerprint density at radius 3 is 2.27 bits per heavy atom. The summed E-state index contributed by atoms with van der Waals surface area (Å²) < 4.78 is 33.1. The van der Waals surface area contributed by atoms with Gasteiger partial charge in [-0.3, -0.25) is 9.10 Å². The molecule has 6 nitrogen and oxygen atoms in total. The number of benzene rings is 4. The van der Waals surface area contributed by atoms with Gasteiger partial charge in [-0.05, 0) is 53.3 Å². The van der Waals surface area contributed by atoms with Crippen LogP contribution in [0.1, 0.15) is 32.6 Å². The highest BCUT2D eigenvalue weighted by atomic mass is 32.2. The van der Waals surface area contributed by atoms with Crippen molar-refractivity contribution < 1.29 is 17.6 Å². The molecule has 0 unspecified atom stereocenters. The first-order valence-electron chi connectivity index (χ1n) is 13.4. The van der Waals surface area contributed by atoms with Crippen molar-refractivity contribution in [2.24, 2.45) is 0 Å². The van der Waals surface area contributed by atoms with Crippen LogP contribution in [0.2, 0.25) is 0 Å². The summed E-state index contributed by atoms with van der Waals surface area (Å²) in [7, 11) is -0.479. The molecule has 1 heterocycles. The third-order valence-electron chi connectivity index (χ3n) is 7.73. The maximum absolute atomic E-state index is 13.2. The zero-order valence-corrected chi connectivity index (χ0v) is 24.2. The number of hydrogen-bond acceptors (Lipinski definition) is 4. The predicted octanol–water partition coefficient (Wildman–Crippen LogP) is 6.82. The lowest BCUT2D eigenvalue weighted by Crippen LogP contribution is -2.25. The van der Waals surface area contributed by atoms with E-state index in [-0.39, 0.29) is 5.91 Å². The average molecular weight is 563 g/mol. The van der Waals surface area contributed by atoms with Gasteiger partial charge in [0.15, 0.2) is 0 Å². The van der Waals surface area contributed by atoms with Gasteiger partial charge in [0, 0.05) is 36.7 Å². The van der Waals surface area contributed by atoms with Crippen molar-refractivity contribution in [3.05, 3.63) is 119 Å². The number of allylic oxidation sites excluding steroid dienone is 1. The van der Waals surface area contributed by atoms with E-state index in [1.54, 1.807) is 13.1 Å². The number of aryl methyl sites for hydroxylation is 1. The summed E-state index contributed by atoms with van der Waals surface area (Å²) in [5.74, 6) is 0.158. The highest BCUT2D eigenvalue weighted by Gasteiger charge is 2.26. The molecule has 0 atom stereocenters. The van der Waals surface area contributed by atoms with Crippen molar-refractivity contribution in [2.75, 3.05) is 24.7 Å². The van der Waals surface area contributed by atoms with Gasteiger partial charge in [-0.2, -0.15) is 0 Å². The van der Waals surface area contributed by atoms with Gasteiger partial charge in [0.1, 0.15) is 11.3 Å².